The Labute approximate surface area is 177 Å². The molecule has 2 N–H and O–H groups in total. The molecule has 0 unspecified atom stereocenters. The van der Waals surface area contributed by atoms with E-state index in [0.29, 0.717) is 37.7 Å². The maximum atomic E-state index is 12.6. The number of nitrogens with zero attached hydrogens (tertiary/aromatic N) is 2. The number of nitrogens with one attached hydrogen (secondary N) is 2. The van der Waals surface area contributed by atoms with Gasteiger partial charge in [-0.05, 0) is 40.0 Å². The molecule has 1 fully saturated rings. The van der Waals surface area contributed by atoms with Crippen molar-refractivity contribution in [1.82, 2.24) is 20.2 Å². The Morgan fingerprint density at radius 2 is 2.07 bits per heavy atom. The van der Waals surface area contributed by atoms with Gasteiger partial charge in [-0.25, -0.2) is 9.78 Å². The van der Waals surface area contributed by atoms with E-state index < -0.39 is 5.60 Å². The van der Waals surface area contributed by atoms with Crippen molar-refractivity contribution in [3.8, 4) is 0 Å². The molecule has 0 radical (unpaired) electrons. The average molecular weight is 429 g/mol. The van der Waals surface area contributed by atoms with E-state index in [-0.39, 0.29) is 30.0 Å². The van der Waals surface area contributed by atoms with E-state index >= 15 is 0 Å². The van der Waals surface area contributed by atoms with Gasteiger partial charge in [-0.2, -0.15) is 0 Å². The molecule has 9 heteroatoms. The number of halogens is 1. The number of amides is 2. The molecule has 1 aromatic rings. The van der Waals surface area contributed by atoms with E-state index in [1.54, 1.807) is 4.90 Å². The molecule has 0 spiro atoms. The maximum absolute atomic E-state index is 12.6. The summed E-state index contributed by atoms with van der Waals surface area (Å²) in [7, 11) is 0. The summed E-state index contributed by atoms with van der Waals surface area (Å²) in [4.78, 5) is 33.8. The first kappa shape index (κ1) is 23.5. The topological polar surface area (TPSA) is 96.6 Å². The predicted molar refractivity (Wildman–Crippen MR) is 111 cm³/mol. The van der Waals surface area contributed by atoms with Gasteiger partial charge in [0.05, 0.1) is 24.4 Å². The standard InChI is InChI=1S/C20H33ClN4O4/c1-6-8-11-28-15-12-25(19(27)29-20(3,4)5)10-9-14(15)23-18(26)17-22-13(7-2)16(21)24-17/h14-15H,6-12H2,1-5H3,(H,22,24)(H,23,26)/t14-,15+/m1/s1. The number of likely N-dealkylation sites (tertiary alicyclic amines) is 1. The molecule has 1 aliphatic rings. The third kappa shape index (κ3) is 6.89. The zero-order valence-electron chi connectivity index (χ0n) is 18.0. The van der Waals surface area contributed by atoms with Gasteiger partial charge < -0.3 is 24.7 Å². The van der Waals surface area contributed by atoms with Gasteiger partial charge in [0, 0.05) is 13.2 Å². The minimum atomic E-state index is -0.559. The lowest BCUT2D eigenvalue weighted by Gasteiger charge is -2.39. The second-order valence-electron chi connectivity index (χ2n) is 8.27. The van der Waals surface area contributed by atoms with Gasteiger partial charge in [0.15, 0.2) is 11.0 Å². The third-order valence-electron chi connectivity index (χ3n) is 4.65. The van der Waals surface area contributed by atoms with Crippen LogP contribution in [0.3, 0.4) is 0 Å². The number of aromatic nitrogens is 2. The van der Waals surface area contributed by atoms with Crippen LogP contribution >= 0.6 is 11.6 Å². The van der Waals surface area contributed by atoms with Gasteiger partial charge >= 0.3 is 6.09 Å². The highest BCUT2D eigenvalue weighted by Gasteiger charge is 2.35. The van der Waals surface area contributed by atoms with E-state index in [0.717, 1.165) is 18.5 Å². The number of unbranched alkanes of at least 4 members (excludes halogenated alkanes) is 1. The van der Waals surface area contributed by atoms with Crippen LogP contribution < -0.4 is 5.32 Å². The smallest absolute Gasteiger partial charge is 0.410 e. The fraction of sp³-hybridized carbons (Fsp3) is 0.750. The first-order chi connectivity index (χ1) is 13.6. The lowest BCUT2D eigenvalue weighted by molar-refractivity contribution is -0.0339. The number of piperidine rings is 1. The largest absolute Gasteiger partial charge is 0.444 e. The maximum Gasteiger partial charge on any atom is 0.410 e. The lowest BCUT2D eigenvalue weighted by Crippen LogP contribution is -2.57. The monoisotopic (exact) mass is 428 g/mol. The molecule has 8 nitrogen and oxygen atoms in total. The van der Waals surface area contributed by atoms with Crippen molar-refractivity contribution >= 4 is 23.6 Å². The van der Waals surface area contributed by atoms with Crippen LogP contribution in [0.4, 0.5) is 4.79 Å². The van der Waals surface area contributed by atoms with Crippen LogP contribution in [0.1, 0.15) is 70.2 Å². The summed E-state index contributed by atoms with van der Waals surface area (Å²) < 4.78 is 11.5. The molecule has 1 saturated heterocycles. The minimum Gasteiger partial charge on any atom is -0.444 e. The molecule has 0 aliphatic carbocycles. The van der Waals surface area contributed by atoms with Crippen LogP contribution in [-0.4, -0.2) is 64.3 Å². The van der Waals surface area contributed by atoms with Gasteiger partial charge in [0.2, 0.25) is 0 Å². The number of carbonyl (C=O) groups is 2. The minimum absolute atomic E-state index is 0.189. The molecule has 29 heavy (non-hydrogen) atoms. The first-order valence-electron chi connectivity index (χ1n) is 10.3. The molecular weight excluding hydrogens is 396 g/mol. The predicted octanol–water partition coefficient (Wildman–Crippen LogP) is 3.55. The van der Waals surface area contributed by atoms with Crippen LogP contribution in [0.25, 0.3) is 0 Å². The van der Waals surface area contributed by atoms with Gasteiger partial charge in [0.25, 0.3) is 5.91 Å². The Hall–Kier alpha value is -1.80. The fourth-order valence-corrected chi connectivity index (χ4v) is 3.35. The van der Waals surface area contributed by atoms with Crippen LogP contribution in [0.5, 0.6) is 0 Å². The molecule has 164 valence electrons. The molecular formula is C20H33ClN4O4. The first-order valence-corrected chi connectivity index (χ1v) is 10.7. The second-order valence-corrected chi connectivity index (χ2v) is 8.62. The zero-order valence-corrected chi connectivity index (χ0v) is 18.8. The van der Waals surface area contributed by atoms with Gasteiger partial charge in [-0.3, -0.25) is 4.79 Å². The van der Waals surface area contributed by atoms with E-state index in [4.69, 9.17) is 21.1 Å². The molecule has 0 bridgehead atoms. The van der Waals surface area contributed by atoms with Crippen LogP contribution in [0.15, 0.2) is 0 Å². The number of H-pyrrole nitrogens is 1. The summed E-state index contributed by atoms with van der Waals surface area (Å²) in [6.07, 6.45) is 2.47. The number of carbonyl (C=O) groups excluding carboxylic acids is 2. The highest BCUT2D eigenvalue weighted by molar-refractivity contribution is 6.30. The van der Waals surface area contributed by atoms with Crippen molar-refractivity contribution < 1.29 is 19.1 Å². The van der Waals surface area contributed by atoms with Crippen LogP contribution in [0, 0.1) is 0 Å². The molecule has 0 saturated carbocycles. The summed E-state index contributed by atoms with van der Waals surface area (Å²) in [6, 6.07) is -0.230. The summed E-state index contributed by atoms with van der Waals surface area (Å²) in [5.41, 5.74) is 0.170. The summed E-state index contributed by atoms with van der Waals surface area (Å²) >= 11 is 6.05. The van der Waals surface area contributed by atoms with Crippen molar-refractivity contribution in [3.63, 3.8) is 0 Å². The molecule has 1 aliphatic heterocycles. The third-order valence-corrected chi connectivity index (χ3v) is 4.97. The van der Waals surface area contributed by atoms with Gasteiger partial charge in [-0.15, -0.1) is 0 Å². The number of rotatable bonds is 7. The van der Waals surface area contributed by atoms with Gasteiger partial charge in [0.1, 0.15) is 5.60 Å². The van der Waals surface area contributed by atoms with Crippen LogP contribution in [-0.2, 0) is 15.9 Å². The second kappa shape index (κ2) is 10.3. The number of hydrogen-bond donors (Lipinski definition) is 2. The number of aryl methyl sites for hydroxylation is 1. The molecule has 1 aromatic heterocycles. The van der Waals surface area contributed by atoms with Gasteiger partial charge in [-0.1, -0.05) is 31.9 Å². The highest BCUT2D eigenvalue weighted by atomic mass is 35.5. The highest BCUT2D eigenvalue weighted by Crippen LogP contribution is 2.19. The molecule has 2 atom stereocenters. The van der Waals surface area contributed by atoms with Crippen molar-refractivity contribution in [1.29, 1.82) is 0 Å². The van der Waals surface area contributed by atoms with E-state index in [2.05, 4.69) is 22.2 Å². The average Bonchev–Trinajstić information content (AvgIpc) is 3.02. The molecule has 2 amide bonds. The molecule has 0 aromatic carbocycles. The number of imidazole rings is 1. The Morgan fingerprint density at radius 1 is 1.34 bits per heavy atom. The summed E-state index contributed by atoms with van der Waals surface area (Å²) in [5, 5.41) is 3.30. The Kier molecular flexibility index (Phi) is 8.34. The molecule has 2 rings (SSSR count). The van der Waals surface area contributed by atoms with E-state index in [1.165, 1.54) is 0 Å². The Bertz CT molecular complexity index is 701. The summed E-state index contributed by atoms with van der Waals surface area (Å²) in [6.45, 7) is 11.0. The Balaban J connectivity index is 2.04. The quantitative estimate of drug-likeness (QED) is 0.647. The Morgan fingerprint density at radius 3 is 2.66 bits per heavy atom. The lowest BCUT2D eigenvalue weighted by atomic mass is 10.0. The zero-order chi connectivity index (χ0) is 21.6. The molecule has 2 heterocycles. The van der Waals surface area contributed by atoms with Crippen molar-refractivity contribution in [2.45, 2.75) is 78.0 Å². The fourth-order valence-electron chi connectivity index (χ4n) is 3.09. The SMILES string of the molecule is CCCCO[C@H]1CN(C(=O)OC(C)(C)C)CC[C@H]1NC(=O)c1nc(Cl)c(CC)[nH]1. The van der Waals surface area contributed by atoms with Crippen LogP contribution in [0.2, 0.25) is 5.15 Å². The summed E-state index contributed by atoms with van der Waals surface area (Å²) in [5.74, 6) is -0.139. The van der Waals surface area contributed by atoms with E-state index in [1.807, 2.05) is 27.7 Å². The number of hydrogen-bond acceptors (Lipinski definition) is 5. The van der Waals surface area contributed by atoms with E-state index in [9.17, 15) is 9.59 Å². The normalized spacial score (nSPS) is 19.9. The number of aromatic amines is 1. The number of ether oxygens (including phenoxy) is 2. The van der Waals surface area contributed by atoms with Crippen molar-refractivity contribution in [2.24, 2.45) is 0 Å². The van der Waals surface area contributed by atoms with Crippen molar-refractivity contribution in [2.75, 3.05) is 19.7 Å². The van der Waals surface area contributed by atoms with Crippen molar-refractivity contribution in [3.05, 3.63) is 16.7 Å².